The Morgan fingerprint density at radius 3 is 2.08 bits per heavy atom. The maximum atomic E-state index is 10.2. The van der Waals surface area contributed by atoms with Crippen LogP contribution in [0.3, 0.4) is 0 Å². The van der Waals surface area contributed by atoms with Gasteiger partial charge in [0.2, 0.25) is 6.04 Å². The van der Waals surface area contributed by atoms with E-state index in [-0.39, 0.29) is 6.47 Å². The summed E-state index contributed by atoms with van der Waals surface area (Å²) in [6.45, 7) is 3.06. The molecule has 0 aromatic carbocycles. The van der Waals surface area contributed by atoms with Crippen molar-refractivity contribution in [3.8, 4) is 0 Å². The highest BCUT2D eigenvalue weighted by molar-refractivity contribution is 5.32. The molecular weight excluding hydrogens is 178 g/mol. The molecule has 0 aliphatic heterocycles. The summed E-state index contributed by atoms with van der Waals surface area (Å²) in [6.07, 6.45) is 0.344. The van der Waals surface area contributed by atoms with Crippen LogP contribution in [0.5, 0.6) is 0 Å². The van der Waals surface area contributed by atoms with E-state index >= 15 is 0 Å². The van der Waals surface area contributed by atoms with Gasteiger partial charge in [-0.15, -0.1) is 0 Å². The first-order chi connectivity index (χ1) is 6.01. The zero-order chi connectivity index (χ0) is 10.9. The van der Waals surface area contributed by atoms with Gasteiger partial charge in [-0.05, 0) is 13.3 Å². The lowest BCUT2D eigenvalue weighted by Crippen LogP contribution is -2.30. The summed E-state index contributed by atoms with van der Waals surface area (Å²) >= 11 is 0. The fourth-order valence-corrected chi connectivity index (χ4v) is 0.819. The third-order valence-electron chi connectivity index (χ3n) is 1.41. The number of carbonyl (C=O) groups is 1. The lowest BCUT2D eigenvalue weighted by molar-refractivity contribution is -0.534. The van der Waals surface area contributed by atoms with E-state index in [9.17, 15) is 10.1 Å². The van der Waals surface area contributed by atoms with Crippen molar-refractivity contribution < 1.29 is 19.9 Å². The van der Waals surface area contributed by atoms with Crippen LogP contribution >= 0.6 is 0 Å². The van der Waals surface area contributed by atoms with E-state index in [1.807, 2.05) is 6.92 Å². The molecule has 0 heterocycles. The molecule has 2 unspecified atom stereocenters. The summed E-state index contributed by atoms with van der Waals surface area (Å²) in [4.78, 5) is 18.1. The number of hydrogen-bond donors (Lipinski definition) is 2. The average Bonchev–Trinajstić information content (AvgIpc) is 2.00. The second-order valence-electron chi connectivity index (χ2n) is 2.49. The SMILES string of the molecule is CCCC(C(C)O)[N+](=O)[O-].O=CO. The summed E-state index contributed by atoms with van der Waals surface area (Å²) in [5.41, 5.74) is 0. The molecule has 0 spiro atoms. The number of aliphatic hydroxyl groups excluding tert-OH is 1. The van der Waals surface area contributed by atoms with E-state index in [1.165, 1.54) is 6.92 Å². The number of hydrogen-bond acceptors (Lipinski definition) is 4. The summed E-state index contributed by atoms with van der Waals surface area (Å²) in [5.74, 6) is 0. The summed E-state index contributed by atoms with van der Waals surface area (Å²) in [7, 11) is 0. The zero-order valence-corrected chi connectivity index (χ0v) is 7.71. The Bertz CT molecular complexity index is 148. The van der Waals surface area contributed by atoms with Gasteiger partial charge in [0.25, 0.3) is 6.47 Å². The fraction of sp³-hybridized carbons (Fsp3) is 0.857. The standard InChI is InChI=1S/C6H13NO3.CH2O2/c1-3-4-6(5(2)8)7(9)10;2-1-3/h5-6,8H,3-4H2,1-2H3;1H,(H,2,3). The van der Waals surface area contributed by atoms with Gasteiger partial charge in [0.15, 0.2) is 0 Å². The van der Waals surface area contributed by atoms with Gasteiger partial charge in [-0.1, -0.05) is 6.92 Å². The quantitative estimate of drug-likeness (QED) is 0.385. The van der Waals surface area contributed by atoms with Gasteiger partial charge in [-0.3, -0.25) is 14.9 Å². The number of nitrogens with zero attached hydrogens (tertiary/aromatic N) is 1. The van der Waals surface area contributed by atoms with Crippen LogP contribution in [0.1, 0.15) is 26.7 Å². The fourth-order valence-electron chi connectivity index (χ4n) is 0.819. The van der Waals surface area contributed by atoms with Gasteiger partial charge in [-0.25, -0.2) is 0 Å². The third-order valence-corrected chi connectivity index (χ3v) is 1.41. The lowest BCUT2D eigenvalue weighted by Gasteiger charge is -2.09. The van der Waals surface area contributed by atoms with Crippen molar-refractivity contribution in [1.29, 1.82) is 0 Å². The van der Waals surface area contributed by atoms with Crippen molar-refractivity contribution in [2.75, 3.05) is 0 Å². The highest BCUT2D eigenvalue weighted by Gasteiger charge is 2.24. The predicted octanol–water partition coefficient (Wildman–Crippen LogP) is 0.513. The number of aliphatic hydroxyl groups is 1. The monoisotopic (exact) mass is 193 g/mol. The van der Waals surface area contributed by atoms with Crippen molar-refractivity contribution in [3.63, 3.8) is 0 Å². The Kier molecular flexibility index (Phi) is 9.86. The molecule has 0 aliphatic rings. The number of carboxylic acid groups (broad SMARTS) is 1. The molecule has 78 valence electrons. The summed E-state index contributed by atoms with van der Waals surface area (Å²) < 4.78 is 0. The molecule has 0 bridgehead atoms. The molecule has 2 atom stereocenters. The molecule has 0 saturated carbocycles. The van der Waals surface area contributed by atoms with Gasteiger partial charge in [0.1, 0.15) is 6.10 Å². The third kappa shape index (κ3) is 8.74. The van der Waals surface area contributed by atoms with E-state index in [0.29, 0.717) is 6.42 Å². The molecule has 2 N–H and O–H groups in total. The molecule has 0 radical (unpaired) electrons. The topological polar surface area (TPSA) is 101 Å². The predicted molar refractivity (Wildman–Crippen MR) is 46.1 cm³/mol. The minimum absolute atomic E-state index is 0.250. The van der Waals surface area contributed by atoms with Crippen LogP contribution in [0.4, 0.5) is 0 Å². The van der Waals surface area contributed by atoms with Gasteiger partial charge < -0.3 is 10.2 Å². The normalized spacial score (nSPS) is 13.5. The maximum absolute atomic E-state index is 10.2. The van der Waals surface area contributed by atoms with Crippen LogP contribution in [-0.2, 0) is 4.79 Å². The highest BCUT2D eigenvalue weighted by atomic mass is 16.6. The Morgan fingerprint density at radius 1 is 1.62 bits per heavy atom. The Morgan fingerprint density at radius 2 is 2.00 bits per heavy atom. The molecule has 13 heavy (non-hydrogen) atoms. The second-order valence-corrected chi connectivity index (χ2v) is 2.49. The van der Waals surface area contributed by atoms with E-state index in [2.05, 4.69) is 0 Å². The van der Waals surface area contributed by atoms with E-state index in [4.69, 9.17) is 15.0 Å². The van der Waals surface area contributed by atoms with Crippen LogP contribution in [0.2, 0.25) is 0 Å². The zero-order valence-electron chi connectivity index (χ0n) is 7.71. The summed E-state index contributed by atoms with van der Waals surface area (Å²) in [5, 5.41) is 25.9. The molecule has 0 aromatic heterocycles. The van der Waals surface area contributed by atoms with Crippen molar-refractivity contribution in [3.05, 3.63) is 10.1 Å². The van der Waals surface area contributed by atoms with E-state index in [0.717, 1.165) is 6.42 Å². The highest BCUT2D eigenvalue weighted by Crippen LogP contribution is 2.05. The first-order valence-electron chi connectivity index (χ1n) is 3.90. The Hall–Kier alpha value is -1.17. The van der Waals surface area contributed by atoms with E-state index < -0.39 is 17.1 Å². The minimum atomic E-state index is -0.838. The van der Waals surface area contributed by atoms with Crippen molar-refractivity contribution >= 4 is 6.47 Å². The van der Waals surface area contributed by atoms with Crippen molar-refractivity contribution in [2.45, 2.75) is 38.8 Å². The minimum Gasteiger partial charge on any atom is -0.483 e. The van der Waals surface area contributed by atoms with Gasteiger partial charge >= 0.3 is 0 Å². The van der Waals surface area contributed by atoms with Crippen LogP contribution in [0.15, 0.2) is 0 Å². The molecule has 0 aliphatic carbocycles. The van der Waals surface area contributed by atoms with Crippen LogP contribution in [0.25, 0.3) is 0 Å². The molecule has 0 saturated heterocycles. The maximum Gasteiger partial charge on any atom is 0.290 e. The second kappa shape index (κ2) is 8.92. The van der Waals surface area contributed by atoms with Crippen LogP contribution in [-0.4, -0.2) is 33.8 Å². The van der Waals surface area contributed by atoms with E-state index in [1.54, 1.807) is 0 Å². The molecule has 0 fully saturated rings. The molecular formula is C7H15NO5. The first-order valence-corrected chi connectivity index (χ1v) is 3.90. The Labute approximate surface area is 76.3 Å². The average molecular weight is 193 g/mol. The van der Waals surface area contributed by atoms with Crippen molar-refractivity contribution in [2.24, 2.45) is 0 Å². The van der Waals surface area contributed by atoms with Crippen molar-refractivity contribution in [1.82, 2.24) is 0 Å². The molecule has 0 amide bonds. The number of nitro groups is 1. The molecule has 6 nitrogen and oxygen atoms in total. The Balaban J connectivity index is 0. The molecule has 6 heteroatoms. The van der Waals surface area contributed by atoms with Crippen LogP contribution in [0, 0.1) is 10.1 Å². The first kappa shape index (κ1) is 14.4. The largest absolute Gasteiger partial charge is 0.483 e. The summed E-state index contributed by atoms with van der Waals surface area (Å²) in [6, 6.07) is -0.787. The van der Waals surface area contributed by atoms with Gasteiger partial charge in [0, 0.05) is 11.3 Å². The number of rotatable bonds is 4. The van der Waals surface area contributed by atoms with Gasteiger partial charge in [-0.2, -0.15) is 0 Å². The van der Waals surface area contributed by atoms with Crippen LogP contribution < -0.4 is 0 Å². The molecule has 0 rings (SSSR count). The smallest absolute Gasteiger partial charge is 0.290 e. The lowest BCUT2D eigenvalue weighted by atomic mass is 10.1. The molecule has 0 aromatic rings. The van der Waals surface area contributed by atoms with Gasteiger partial charge in [0.05, 0.1) is 0 Å².